The summed E-state index contributed by atoms with van der Waals surface area (Å²) in [6.07, 6.45) is 0. The van der Waals surface area contributed by atoms with Crippen LogP contribution in [0.1, 0.15) is 6.92 Å². The van der Waals surface area contributed by atoms with Gasteiger partial charge in [0.25, 0.3) is 0 Å². The van der Waals surface area contributed by atoms with Gasteiger partial charge in [0.05, 0.1) is 11.3 Å². The van der Waals surface area contributed by atoms with Crippen molar-refractivity contribution in [1.82, 2.24) is 4.31 Å². The first-order chi connectivity index (χ1) is 7.72. The van der Waals surface area contributed by atoms with Gasteiger partial charge < -0.3 is 10.8 Å². The van der Waals surface area contributed by atoms with Crippen LogP contribution in [-0.4, -0.2) is 36.5 Å². The summed E-state index contributed by atoms with van der Waals surface area (Å²) < 4.78 is 25.5. The van der Waals surface area contributed by atoms with Crippen LogP contribution in [0.15, 0.2) is 23.1 Å². The fourth-order valence-corrected chi connectivity index (χ4v) is 3.81. The molecule has 0 unspecified atom stereocenters. The van der Waals surface area contributed by atoms with E-state index in [0.717, 1.165) is 0 Å². The number of aliphatic hydroxyl groups is 1. The van der Waals surface area contributed by atoms with Crippen LogP contribution in [0.3, 0.4) is 0 Å². The molecule has 0 amide bonds. The van der Waals surface area contributed by atoms with Crippen LogP contribution in [0.5, 0.6) is 0 Å². The third-order valence-corrected chi connectivity index (χ3v) is 4.71. The lowest BCUT2D eigenvalue weighted by Crippen LogP contribution is -2.61. The van der Waals surface area contributed by atoms with Gasteiger partial charge in [0.15, 0.2) is 0 Å². The van der Waals surface area contributed by atoms with Crippen molar-refractivity contribution in [2.24, 2.45) is 0 Å². The van der Waals surface area contributed by atoms with Crippen LogP contribution in [0.4, 0.5) is 5.69 Å². The Labute approximate surface area is 105 Å². The molecule has 1 saturated heterocycles. The molecule has 0 atom stereocenters. The number of rotatable bonds is 2. The molecule has 1 heterocycles. The minimum atomic E-state index is -3.66. The lowest BCUT2D eigenvalue weighted by atomic mass is 10.0. The topological polar surface area (TPSA) is 83.6 Å². The monoisotopic (exact) mass is 276 g/mol. The van der Waals surface area contributed by atoms with Crippen molar-refractivity contribution in [1.29, 1.82) is 0 Å². The van der Waals surface area contributed by atoms with Crippen LogP contribution < -0.4 is 5.73 Å². The molecule has 0 bridgehead atoms. The molecule has 7 heteroatoms. The molecule has 1 aromatic carbocycles. The van der Waals surface area contributed by atoms with Gasteiger partial charge in [-0.15, -0.1) is 0 Å². The van der Waals surface area contributed by atoms with Crippen molar-refractivity contribution >= 4 is 27.3 Å². The Kier molecular flexibility index (Phi) is 2.86. The third-order valence-electron chi connectivity index (χ3n) is 2.63. The molecule has 5 nitrogen and oxygen atoms in total. The average molecular weight is 277 g/mol. The summed E-state index contributed by atoms with van der Waals surface area (Å²) in [5, 5.41) is 9.86. The number of halogens is 1. The van der Waals surface area contributed by atoms with Gasteiger partial charge in [0.1, 0.15) is 4.90 Å². The maximum Gasteiger partial charge on any atom is 0.245 e. The molecular formula is C10H13ClN2O3S. The minimum absolute atomic E-state index is 0.0134. The van der Waals surface area contributed by atoms with Crippen LogP contribution in [0.2, 0.25) is 5.02 Å². The Balaban J connectivity index is 2.36. The molecule has 1 fully saturated rings. The largest absolute Gasteiger partial charge is 0.398 e. The molecule has 0 saturated carbocycles. The van der Waals surface area contributed by atoms with Crippen LogP contribution in [0.25, 0.3) is 0 Å². The van der Waals surface area contributed by atoms with E-state index in [1.165, 1.54) is 22.5 Å². The second kappa shape index (κ2) is 3.84. The highest BCUT2D eigenvalue weighted by atomic mass is 35.5. The van der Waals surface area contributed by atoms with Gasteiger partial charge in [0.2, 0.25) is 10.0 Å². The highest BCUT2D eigenvalue weighted by molar-refractivity contribution is 7.89. The van der Waals surface area contributed by atoms with E-state index in [2.05, 4.69) is 0 Å². The van der Waals surface area contributed by atoms with Gasteiger partial charge in [0, 0.05) is 18.1 Å². The maximum absolute atomic E-state index is 12.2. The Bertz CT molecular complexity index is 549. The number of nitrogens with two attached hydrogens (primary N) is 1. The predicted molar refractivity (Wildman–Crippen MR) is 65.2 cm³/mol. The first-order valence-electron chi connectivity index (χ1n) is 5.00. The fraction of sp³-hybridized carbons (Fsp3) is 0.400. The van der Waals surface area contributed by atoms with Gasteiger partial charge in [-0.2, -0.15) is 4.31 Å². The molecule has 94 valence electrons. The number of sulfonamides is 1. The second-order valence-electron chi connectivity index (χ2n) is 4.45. The molecule has 0 spiro atoms. The first-order valence-corrected chi connectivity index (χ1v) is 6.82. The highest BCUT2D eigenvalue weighted by Gasteiger charge is 2.44. The quantitative estimate of drug-likeness (QED) is 0.778. The standard InChI is InChI=1S/C10H13ClN2O3S/c1-10(14)5-13(6-10)17(15,16)9-4-7(11)2-3-8(9)12/h2-4,14H,5-6,12H2,1H3. The molecule has 2 rings (SSSR count). The van der Waals surface area contributed by atoms with Crippen LogP contribution in [-0.2, 0) is 10.0 Å². The van der Waals surface area contributed by atoms with E-state index in [9.17, 15) is 13.5 Å². The van der Waals surface area contributed by atoms with Gasteiger partial charge in [-0.1, -0.05) is 11.6 Å². The summed E-state index contributed by atoms with van der Waals surface area (Å²) in [6, 6.07) is 4.30. The smallest absolute Gasteiger partial charge is 0.245 e. The summed E-state index contributed by atoms with van der Waals surface area (Å²) in [4.78, 5) is -0.0134. The predicted octanol–water partition coefficient (Wildman–Crippen LogP) is 0.677. The van der Waals surface area contributed by atoms with E-state index in [1.807, 2.05) is 0 Å². The van der Waals surface area contributed by atoms with Crippen molar-refractivity contribution in [3.05, 3.63) is 23.2 Å². The SMILES string of the molecule is CC1(O)CN(S(=O)(=O)c2cc(Cl)ccc2N)C1. The number of hydrogen-bond donors (Lipinski definition) is 2. The molecule has 0 aromatic heterocycles. The Morgan fingerprint density at radius 3 is 2.59 bits per heavy atom. The zero-order chi connectivity index (χ0) is 12.8. The Morgan fingerprint density at radius 2 is 2.06 bits per heavy atom. The summed E-state index contributed by atoms with van der Waals surface area (Å²) >= 11 is 5.76. The number of anilines is 1. The summed E-state index contributed by atoms with van der Waals surface area (Å²) in [5.41, 5.74) is 4.83. The third kappa shape index (κ3) is 2.26. The van der Waals surface area contributed by atoms with Gasteiger partial charge in [-0.25, -0.2) is 8.42 Å². The molecule has 0 aliphatic carbocycles. The van der Waals surface area contributed by atoms with Crippen molar-refractivity contribution in [3.8, 4) is 0 Å². The summed E-state index contributed by atoms with van der Waals surface area (Å²) in [5.74, 6) is 0. The van der Waals surface area contributed by atoms with E-state index in [-0.39, 0.29) is 23.7 Å². The van der Waals surface area contributed by atoms with Gasteiger partial charge in [-0.3, -0.25) is 0 Å². The normalized spacial score (nSPS) is 19.9. The molecule has 1 aliphatic rings. The maximum atomic E-state index is 12.2. The number of β-amino-alcohol motifs (C(OH)–C–C–N with tert-alkyl or cyclic N) is 1. The van der Waals surface area contributed by atoms with E-state index >= 15 is 0 Å². The minimum Gasteiger partial charge on any atom is -0.398 e. The van der Waals surface area contributed by atoms with Crippen LogP contribution >= 0.6 is 11.6 Å². The van der Waals surface area contributed by atoms with Crippen molar-refractivity contribution < 1.29 is 13.5 Å². The lowest BCUT2D eigenvalue weighted by Gasteiger charge is -2.42. The zero-order valence-electron chi connectivity index (χ0n) is 9.22. The zero-order valence-corrected chi connectivity index (χ0v) is 10.8. The molecular weight excluding hydrogens is 264 g/mol. The Hall–Kier alpha value is -0.820. The lowest BCUT2D eigenvalue weighted by molar-refractivity contribution is -0.0426. The van der Waals surface area contributed by atoms with E-state index < -0.39 is 15.6 Å². The molecule has 1 aliphatic heterocycles. The summed E-state index contributed by atoms with van der Waals surface area (Å²) in [6.45, 7) is 1.73. The number of nitrogens with zero attached hydrogens (tertiary/aromatic N) is 1. The highest BCUT2D eigenvalue weighted by Crippen LogP contribution is 2.31. The van der Waals surface area contributed by atoms with E-state index in [4.69, 9.17) is 17.3 Å². The summed E-state index contributed by atoms with van der Waals surface area (Å²) in [7, 11) is -3.66. The fourth-order valence-electron chi connectivity index (χ4n) is 1.75. The molecule has 0 radical (unpaired) electrons. The van der Waals surface area contributed by atoms with Crippen molar-refractivity contribution in [2.45, 2.75) is 17.4 Å². The van der Waals surface area contributed by atoms with Gasteiger partial charge >= 0.3 is 0 Å². The van der Waals surface area contributed by atoms with Crippen LogP contribution in [0, 0.1) is 0 Å². The van der Waals surface area contributed by atoms with E-state index in [1.54, 1.807) is 6.92 Å². The molecule has 1 aromatic rings. The number of nitrogen functional groups attached to an aromatic ring is 1. The number of hydrogen-bond acceptors (Lipinski definition) is 4. The van der Waals surface area contributed by atoms with Gasteiger partial charge in [-0.05, 0) is 25.1 Å². The Morgan fingerprint density at radius 1 is 1.47 bits per heavy atom. The van der Waals surface area contributed by atoms with Crippen molar-refractivity contribution in [3.63, 3.8) is 0 Å². The molecule has 3 N–H and O–H groups in total. The van der Waals surface area contributed by atoms with E-state index in [0.29, 0.717) is 5.02 Å². The number of benzene rings is 1. The van der Waals surface area contributed by atoms with Crippen molar-refractivity contribution in [2.75, 3.05) is 18.8 Å². The molecule has 17 heavy (non-hydrogen) atoms. The first kappa shape index (κ1) is 12.6. The second-order valence-corrected chi connectivity index (χ2v) is 6.79. The average Bonchev–Trinajstić information content (AvgIpc) is 2.18.